The third kappa shape index (κ3) is 3.51. The van der Waals surface area contributed by atoms with Gasteiger partial charge in [-0.1, -0.05) is 35.2 Å². The van der Waals surface area contributed by atoms with Crippen molar-refractivity contribution < 1.29 is 9.59 Å². The lowest BCUT2D eigenvalue weighted by molar-refractivity contribution is -0.127. The van der Waals surface area contributed by atoms with Crippen molar-refractivity contribution in [1.82, 2.24) is 5.32 Å². The molecule has 1 saturated carbocycles. The predicted molar refractivity (Wildman–Crippen MR) is 89.6 cm³/mol. The number of carbonyl (C=O) groups excluding carboxylic acids is 2. The zero-order valence-corrected chi connectivity index (χ0v) is 14.1. The lowest BCUT2D eigenvalue weighted by atomic mass is 9.95. The average molecular weight is 365 g/mol. The third-order valence-electron chi connectivity index (χ3n) is 4.59. The van der Waals surface area contributed by atoms with Gasteiger partial charge < -0.3 is 10.2 Å². The first-order valence-corrected chi connectivity index (χ1v) is 8.79. The fourth-order valence-corrected chi connectivity index (χ4v) is 3.58. The van der Waals surface area contributed by atoms with E-state index >= 15 is 0 Å². The summed E-state index contributed by atoms with van der Waals surface area (Å²) >= 11 is 3.39. The van der Waals surface area contributed by atoms with Gasteiger partial charge in [0.25, 0.3) is 0 Å². The minimum Gasteiger partial charge on any atom is -0.353 e. The van der Waals surface area contributed by atoms with Crippen molar-refractivity contribution in [2.75, 3.05) is 11.4 Å². The molecule has 1 atom stereocenters. The van der Waals surface area contributed by atoms with Gasteiger partial charge in [0, 0.05) is 29.2 Å². The number of rotatable bonds is 3. The molecule has 0 aromatic heterocycles. The van der Waals surface area contributed by atoms with Crippen LogP contribution in [0, 0.1) is 5.92 Å². The Morgan fingerprint density at radius 1 is 1.14 bits per heavy atom. The number of hydrogen-bond donors (Lipinski definition) is 1. The van der Waals surface area contributed by atoms with Crippen molar-refractivity contribution in [3.05, 3.63) is 28.7 Å². The van der Waals surface area contributed by atoms with Gasteiger partial charge >= 0.3 is 0 Å². The number of benzene rings is 1. The summed E-state index contributed by atoms with van der Waals surface area (Å²) in [4.78, 5) is 26.3. The van der Waals surface area contributed by atoms with Crippen LogP contribution in [0.4, 0.5) is 5.69 Å². The molecule has 1 aliphatic carbocycles. The lowest BCUT2D eigenvalue weighted by Crippen LogP contribution is -2.40. The van der Waals surface area contributed by atoms with Crippen molar-refractivity contribution in [3.63, 3.8) is 0 Å². The van der Waals surface area contributed by atoms with Gasteiger partial charge in [0.15, 0.2) is 0 Å². The van der Waals surface area contributed by atoms with E-state index < -0.39 is 0 Å². The van der Waals surface area contributed by atoms with Crippen LogP contribution in [0.15, 0.2) is 28.7 Å². The smallest absolute Gasteiger partial charge is 0.227 e. The standard InChI is InChI=1S/C17H21BrN2O2/c18-13-6-8-15(9-7-13)20-11-12(10-16(20)21)17(22)19-14-4-2-1-3-5-14/h6-9,12,14H,1-5,10-11H2,(H,19,22). The Morgan fingerprint density at radius 3 is 2.50 bits per heavy atom. The summed E-state index contributed by atoms with van der Waals surface area (Å²) in [6, 6.07) is 7.95. The lowest BCUT2D eigenvalue weighted by Gasteiger charge is -2.24. The van der Waals surface area contributed by atoms with E-state index in [1.54, 1.807) is 4.90 Å². The Morgan fingerprint density at radius 2 is 1.82 bits per heavy atom. The molecule has 2 aliphatic rings. The van der Waals surface area contributed by atoms with Crippen molar-refractivity contribution in [1.29, 1.82) is 0 Å². The van der Waals surface area contributed by atoms with E-state index in [0.29, 0.717) is 19.0 Å². The molecule has 0 bridgehead atoms. The van der Waals surface area contributed by atoms with Crippen molar-refractivity contribution in [3.8, 4) is 0 Å². The summed E-state index contributed by atoms with van der Waals surface area (Å²) < 4.78 is 0.981. The topological polar surface area (TPSA) is 49.4 Å². The summed E-state index contributed by atoms with van der Waals surface area (Å²) in [7, 11) is 0. The van der Waals surface area contributed by atoms with Crippen LogP contribution in [0.5, 0.6) is 0 Å². The van der Waals surface area contributed by atoms with Gasteiger partial charge in [-0.2, -0.15) is 0 Å². The van der Waals surface area contributed by atoms with Crippen molar-refractivity contribution in [2.45, 2.75) is 44.6 Å². The Kier molecular flexibility index (Phi) is 4.81. The van der Waals surface area contributed by atoms with Crippen molar-refractivity contribution >= 4 is 33.4 Å². The summed E-state index contributed by atoms with van der Waals surface area (Å²) in [6.45, 7) is 0.485. The Bertz CT molecular complexity index is 552. The number of hydrogen-bond acceptors (Lipinski definition) is 2. The Balaban J connectivity index is 1.61. The normalized spacial score (nSPS) is 22.9. The number of carbonyl (C=O) groups is 2. The average Bonchev–Trinajstić information content (AvgIpc) is 2.91. The molecule has 0 spiro atoms. The number of halogens is 1. The van der Waals surface area contributed by atoms with E-state index in [-0.39, 0.29) is 17.7 Å². The van der Waals surface area contributed by atoms with Crippen LogP contribution in [0.3, 0.4) is 0 Å². The zero-order chi connectivity index (χ0) is 15.5. The van der Waals surface area contributed by atoms with E-state index in [2.05, 4.69) is 21.2 Å². The molecule has 3 rings (SSSR count). The maximum Gasteiger partial charge on any atom is 0.227 e. The minimum atomic E-state index is -0.224. The zero-order valence-electron chi connectivity index (χ0n) is 12.6. The number of anilines is 1. The van der Waals surface area contributed by atoms with Crippen LogP contribution >= 0.6 is 15.9 Å². The van der Waals surface area contributed by atoms with Crippen LogP contribution in [-0.2, 0) is 9.59 Å². The third-order valence-corrected chi connectivity index (χ3v) is 5.11. The maximum absolute atomic E-state index is 12.4. The van der Waals surface area contributed by atoms with Gasteiger partial charge in [0.05, 0.1) is 5.92 Å². The van der Waals surface area contributed by atoms with E-state index in [1.165, 1.54) is 19.3 Å². The van der Waals surface area contributed by atoms with Gasteiger partial charge in [-0.15, -0.1) is 0 Å². The second-order valence-electron chi connectivity index (χ2n) is 6.23. The molecule has 2 amide bonds. The highest BCUT2D eigenvalue weighted by Gasteiger charge is 2.35. The van der Waals surface area contributed by atoms with Gasteiger partial charge in [-0.05, 0) is 37.1 Å². The summed E-state index contributed by atoms with van der Waals surface area (Å²) in [6.07, 6.45) is 6.12. The van der Waals surface area contributed by atoms with Crippen molar-refractivity contribution in [2.24, 2.45) is 5.92 Å². The molecule has 118 valence electrons. The van der Waals surface area contributed by atoms with Gasteiger partial charge in [0.1, 0.15) is 0 Å². The highest BCUT2D eigenvalue weighted by atomic mass is 79.9. The van der Waals surface area contributed by atoms with Gasteiger partial charge in [-0.25, -0.2) is 0 Å². The van der Waals surface area contributed by atoms with Crippen LogP contribution in [0.25, 0.3) is 0 Å². The molecular formula is C17H21BrN2O2. The summed E-state index contributed by atoms with van der Waals surface area (Å²) in [5.41, 5.74) is 0.862. The molecule has 1 N–H and O–H groups in total. The quantitative estimate of drug-likeness (QED) is 0.894. The second-order valence-corrected chi connectivity index (χ2v) is 7.14. The summed E-state index contributed by atoms with van der Waals surface area (Å²) in [5, 5.41) is 3.14. The van der Waals surface area contributed by atoms with E-state index in [0.717, 1.165) is 23.0 Å². The van der Waals surface area contributed by atoms with E-state index in [9.17, 15) is 9.59 Å². The van der Waals surface area contributed by atoms with Crippen LogP contribution in [0.2, 0.25) is 0 Å². The Hall–Kier alpha value is -1.36. The fraction of sp³-hybridized carbons (Fsp3) is 0.529. The largest absolute Gasteiger partial charge is 0.353 e. The SMILES string of the molecule is O=C(NC1CCCCC1)C1CC(=O)N(c2ccc(Br)cc2)C1. The molecule has 0 radical (unpaired) electrons. The molecule has 1 aromatic rings. The molecule has 1 saturated heterocycles. The molecule has 2 fully saturated rings. The molecule has 1 unspecified atom stereocenters. The first-order chi connectivity index (χ1) is 10.6. The van der Waals surface area contributed by atoms with Crippen LogP contribution in [0.1, 0.15) is 38.5 Å². The highest BCUT2D eigenvalue weighted by molar-refractivity contribution is 9.10. The number of nitrogens with one attached hydrogen (secondary N) is 1. The highest BCUT2D eigenvalue weighted by Crippen LogP contribution is 2.27. The number of nitrogens with zero attached hydrogens (tertiary/aromatic N) is 1. The molecule has 5 heteroatoms. The van der Waals surface area contributed by atoms with Gasteiger partial charge in [0.2, 0.25) is 11.8 Å². The summed E-state index contributed by atoms with van der Waals surface area (Å²) in [5.74, 6) is -0.149. The fourth-order valence-electron chi connectivity index (χ4n) is 3.32. The molecule has 1 heterocycles. The molecule has 1 aromatic carbocycles. The predicted octanol–water partition coefficient (Wildman–Crippen LogP) is 3.25. The molecule has 22 heavy (non-hydrogen) atoms. The Labute approximate surface area is 139 Å². The molecular weight excluding hydrogens is 344 g/mol. The van der Waals surface area contributed by atoms with E-state index in [4.69, 9.17) is 0 Å². The number of amides is 2. The minimum absolute atomic E-state index is 0.0334. The monoisotopic (exact) mass is 364 g/mol. The van der Waals surface area contributed by atoms with Gasteiger partial charge in [-0.3, -0.25) is 9.59 Å². The first kappa shape index (κ1) is 15.5. The van der Waals surface area contributed by atoms with Crippen LogP contribution < -0.4 is 10.2 Å². The molecule has 1 aliphatic heterocycles. The van der Waals surface area contributed by atoms with Crippen LogP contribution in [-0.4, -0.2) is 24.4 Å². The first-order valence-electron chi connectivity index (χ1n) is 8.00. The molecule has 4 nitrogen and oxygen atoms in total. The van der Waals surface area contributed by atoms with E-state index in [1.807, 2.05) is 24.3 Å². The maximum atomic E-state index is 12.4. The second kappa shape index (κ2) is 6.82.